The monoisotopic (exact) mass is 210 g/mol. The first-order valence-corrected chi connectivity index (χ1v) is 6.47. The molecule has 5 atom stereocenters. The van der Waals surface area contributed by atoms with Gasteiger partial charge in [-0.1, -0.05) is 39.9 Å². The van der Waals surface area contributed by atoms with Crippen molar-refractivity contribution in [1.29, 1.82) is 0 Å². The molecular weight excluding hydrogens is 187 g/mol. The van der Waals surface area contributed by atoms with E-state index in [2.05, 4.69) is 40.3 Å². The predicted octanol–water partition coefficient (Wildman–Crippen LogP) is 3.58. The molecule has 0 aromatic heterocycles. The summed E-state index contributed by atoms with van der Waals surface area (Å²) >= 11 is 4.52. The van der Waals surface area contributed by atoms with Crippen molar-refractivity contribution < 1.29 is 0 Å². The van der Waals surface area contributed by atoms with Gasteiger partial charge in [0, 0.05) is 0 Å². The van der Waals surface area contributed by atoms with Gasteiger partial charge in [0.15, 0.2) is 0 Å². The van der Waals surface area contributed by atoms with Gasteiger partial charge in [0.25, 0.3) is 0 Å². The van der Waals surface area contributed by atoms with E-state index < -0.39 is 0 Å². The Balaban J connectivity index is 2.78. The lowest BCUT2D eigenvalue weighted by Crippen LogP contribution is -2.30. The minimum Gasteiger partial charge on any atom is -0.179 e. The lowest BCUT2D eigenvalue weighted by Gasteiger charge is -2.34. The van der Waals surface area contributed by atoms with E-state index in [0.717, 1.165) is 18.1 Å². The van der Waals surface area contributed by atoms with Crippen molar-refractivity contribution in [2.45, 2.75) is 46.4 Å². The summed E-state index contributed by atoms with van der Waals surface area (Å²) in [5, 5.41) is 0. The zero-order valence-corrected chi connectivity index (χ0v) is 10.8. The highest BCUT2D eigenvalue weighted by Gasteiger charge is 2.47. The molecule has 0 N–H and O–H groups in total. The van der Waals surface area contributed by atoms with E-state index in [1.54, 1.807) is 0 Å². The highest BCUT2D eigenvalue weighted by molar-refractivity contribution is 7.80. The molecule has 5 unspecified atom stereocenters. The maximum Gasteiger partial charge on any atom is 0.0703 e. The average molecular weight is 210 g/mol. The van der Waals surface area contributed by atoms with Gasteiger partial charge in [0.2, 0.25) is 0 Å². The normalized spacial score (nSPS) is 45.4. The van der Waals surface area contributed by atoms with Crippen molar-refractivity contribution in [2.75, 3.05) is 5.75 Å². The second-order valence-electron chi connectivity index (χ2n) is 5.33. The van der Waals surface area contributed by atoms with E-state index in [0.29, 0.717) is 23.1 Å². The summed E-state index contributed by atoms with van der Waals surface area (Å²) in [5.74, 6) is 3.55. The summed E-state index contributed by atoms with van der Waals surface area (Å²) in [6, 6.07) is 0. The minimum absolute atomic E-state index is 0.383. The quantitative estimate of drug-likeness (QED) is 0.534. The summed E-state index contributed by atoms with van der Waals surface area (Å²) in [6.07, 6.45) is 2.39. The number of rotatable bonds is 3. The standard InChI is InChI=1S/C12H23BS/c1-5-11(13)10-6-8(2)12(4,7-14)9(10)3/h8-11,14H,5-7H2,1-4H3. The van der Waals surface area contributed by atoms with Crippen LogP contribution in [-0.4, -0.2) is 13.6 Å². The van der Waals surface area contributed by atoms with Crippen LogP contribution in [0.5, 0.6) is 0 Å². The molecule has 80 valence electrons. The smallest absolute Gasteiger partial charge is 0.0703 e. The number of thiol groups is 1. The number of hydrogen-bond acceptors (Lipinski definition) is 1. The van der Waals surface area contributed by atoms with Crippen LogP contribution in [0.4, 0.5) is 0 Å². The van der Waals surface area contributed by atoms with Gasteiger partial charge in [-0.15, -0.1) is 0 Å². The van der Waals surface area contributed by atoms with Gasteiger partial charge in [0.1, 0.15) is 0 Å². The Morgan fingerprint density at radius 3 is 2.43 bits per heavy atom. The van der Waals surface area contributed by atoms with E-state index in [4.69, 9.17) is 7.85 Å². The molecule has 2 radical (unpaired) electrons. The Morgan fingerprint density at radius 1 is 1.50 bits per heavy atom. The second-order valence-corrected chi connectivity index (χ2v) is 5.64. The molecule has 0 bridgehead atoms. The maximum atomic E-state index is 6.18. The first kappa shape index (κ1) is 12.5. The molecule has 0 aromatic rings. The molecule has 1 fully saturated rings. The molecule has 1 saturated carbocycles. The largest absolute Gasteiger partial charge is 0.179 e. The van der Waals surface area contributed by atoms with Gasteiger partial charge in [-0.2, -0.15) is 12.6 Å². The van der Waals surface area contributed by atoms with Crippen LogP contribution in [0.1, 0.15) is 40.5 Å². The molecule has 0 aliphatic heterocycles. The SMILES string of the molecule is [B]C(CC)C1CC(C)C(C)(CS)C1C. The third-order valence-electron chi connectivity index (χ3n) is 4.80. The summed E-state index contributed by atoms with van der Waals surface area (Å²) in [5.41, 5.74) is 0.389. The molecule has 1 rings (SSSR count). The van der Waals surface area contributed by atoms with E-state index >= 15 is 0 Å². The summed E-state index contributed by atoms with van der Waals surface area (Å²) in [7, 11) is 6.18. The molecule has 0 nitrogen and oxygen atoms in total. The van der Waals surface area contributed by atoms with Gasteiger partial charge in [0.05, 0.1) is 7.85 Å². The topological polar surface area (TPSA) is 0 Å². The lowest BCUT2D eigenvalue weighted by atomic mass is 9.67. The fourth-order valence-corrected chi connectivity index (χ4v) is 3.57. The molecule has 0 amide bonds. The third kappa shape index (κ3) is 1.87. The Labute approximate surface area is 96.1 Å². The first-order chi connectivity index (χ1) is 6.47. The zero-order chi connectivity index (χ0) is 10.9. The molecule has 0 saturated heterocycles. The Hall–Kier alpha value is 0.415. The molecule has 1 aliphatic carbocycles. The van der Waals surface area contributed by atoms with Crippen molar-refractivity contribution in [3.05, 3.63) is 0 Å². The lowest BCUT2D eigenvalue weighted by molar-refractivity contribution is 0.199. The van der Waals surface area contributed by atoms with E-state index in [1.165, 1.54) is 6.42 Å². The van der Waals surface area contributed by atoms with Gasteiger partial charge in [-0.05, 0) is 35.3 Å². The zero-order valence-electron chi connectivity index (χ0n) is 9.96. The fourth-order valence-electron chi connectivity index (χ4n) is 2.97. The Bertz CT molecular complexity index is 195. The molecule has 2 heteroatoms. The van der Waals surface area contributed by atoms with Crippen molar-refractivity contribution in [2.24, 2.45) is 23.2 Å². The van der Waals surface area contributed by atoms with E-state index in [1.807, 2.05) is 0 Å². The molecule has 1 aliphatic rings. The van der Waals surface area contributed by atoms with Crippen molar-refractivity contribution in [1.82, 2.24) is 0 Å². The number of hydrogen-bond donors (Lipinski definition) is 1. The summed E-state index contributed by atoms with van der Waals surface area (Å²) < 4.78 is 0. The second kappa shape index (κ2) is 4.51. The van der Waals surface area contributed by atoms with E-state index in [9.17, 15) is 0 Å². The van der Waals surface area contributed by atoms with Gasteiger partial charge >= 0.3 is 0 Å². The molecule has 0 heterocycles. The Kier molecular flexibility index (Phi) is 4.02. The van der Waals surface area contributed by atoms with Crippen LogP contribution in [0.15, 0.2) is 0 Å². The average Bonchev–Trinajstić information content (AvgIpc) is 2.42. The first-order valence-electron chi connectivity index (χ1n) is 5.83. The van der Waals surface area contributed by atoms with Crippen LogP contribution in [0.2, 0.25) is 5.82 Å². The van der Waals surface area contributed by atoms with Crippen molar-refractivity contribution >= 4 is 20.5 Å². The minimum atomic E-state index is 0.383. The highest BCUT2D eigenvalue weighted by Crippen LogP contribution is 2.54. The predicted molar refractivity (Wildman–Crippen MR) is 68.2 cm³/mol. The summed E-state index contributed by atoms with van der Waals surface area (Å²) in [4.78, 5) is 0. The summed E-state index contributed by atoms with van der Waals surface area (Å²) in [6.45, 7) is 9.28. The Morgan fingerprint density at radius 2 is 2.07 bits per heavy atom. The maximum absolute atomic E-state index is 6.18. The fraction of sp³-hybridized carbons (Fsp3) is 1.00. The van der Waals surface area contributed by atoms with Crippen molar-refractivity contribution in [3.8, 4) is 0 Å². The van der Waals surface area contributed by atoms with Gasteiger partial charge < -0.3 is 0 Å². The van der Waals surface area contributed by atoms with Crippen LogP contribution in [0, 0.1) is 23.2 Å². The molecular formula is C12H23BS. The van der Waals surface area contributed by atoms with Crippen LogP contribution < -0.4 is 0 Å². The highest BCUT2D eigenvalue weighted by atomic mass is 32.1. The van der Waals surface area contributed by atoms with Crippen LogP contribution in [-0.2, 0) is 0 Å². The molecule has 14 heavy (non-hydrogen) atoms. The van der Waals surface area contributed by atoms with E-state index in [-0.39, 0.29) is 0 Å². The van der Waals surface area contributed by atoms with Crippen LogP contribution in [0.3, 0.4) is 0 Å². The van der Waals surface area contributed by atoms with Crippen LogP contribution in [0.25, 0.3) is 0 Å². The van der Waals surface area contributed by atoms with Gasteiger partial charge in [-0.3, -0.25) is 0 Å². The third-order valence-corrected chi connectivity index (χ3v) is 5.48. The molecule has 0 aromatic carbocycles. The van der Waals surface area contributed by atoms with Crippen LogP contribution >= 0.6 is 12.6 Å². The molecule has 0 spiro atoms. The van der Waals surface area contributed by atoms with Crippen molar-refractivity contribution in [3.63, 3.8) is 0 Å². The van der Waals surface area contributed by atoms with Gasteiger partial charge in [-0.25, -0.2) is 0 Å².